The van der Waals surface area contributed by atoms with Crippen LogP contribution in [0.25, 0.3) is 0 Å². The van der Waals surface area contributed by atoms with Gasteiger partial charge < -0.3 is 15.0 Å². The molecule has 2 N–H and O–H groups in total. The Morgan fingerprint density at radius 1 is 1.16 bits per heavy atom. The van der Waals surface area contributed by atoms with Gasteiger partial charge in [0, 0.05) is 32.9 Å². The van der Waals surface area contributed by atoms with Crippen molar-refractivity contribution in [2.45, 2.75) is 57.7 Å². The molecule has 3 aromatic rings. The van der Waals surface area contributed by atoms with Crippen molar-refractivity contribution < 1.29 is 20.8 Å². The van der Waals surface area contributed by atoms with Gasteiger partial charge in [0.2, 0.25) is 0 Å². The van der Waals surface area contributed by atoms with E-state index in [1.54, 1.807) is 36.5 Å². The number of hydrogen-bond acceptors (Lipinski definition) is 8. The molecule has 1 aliphatic heterocycles. The molecule has 0 saturated carbocycles. The zero-order valence-electron chi connectivity index (χ0n) is 21.7. The Balaban J connectivity index is 0.00000267. The smallest absolute Gasteiger partial charge is 0.281 e. The zero-order chi connectivity index (χ0) is 26.8. The molecule has 37 heavy (non-hydrogen) atoms. The highest BCUT2D eigenvalue weighted by atomic mass is 32.2. The van der Waals surface area contributed by atoms with E-state index in [2.05, 4.69) is 45.7 Å². The van der Waals surface area contributed by atoms with Crippen molar-refractivity contribution in [2.75, 3.05) is 16.8 Å². The summed E-state index contributed by atoms with van der Waals surface area (Å²) in [6.07, 6.45) is 2.57. The van der Waals surface area contributed by atoms with Crippen LogP contribution in [0.4, 0.5) is 17.3 Å². The van der Waals surface area contributed by atoms with Crippen LogP contribution in [-0.2, 0) is 10.0 Å². The average Bonchev–Trinajstić information content (AvgIpc) is 3.10. The number of sulfonamides is 1. The van der Waals surface area contributed by atoms with Crippen LogP contribution in [0, 0.1) is 5.92 Å². The SMILES string of the molecule is CC1CN(c2ncccc2C(=O)NS(=O)(=O)c2cccc(Nc3cccc(OC(C)C)c3)n2)C(C)(C)C1.[HH].[HH]. The van der Waals surface area contributed by atoms with Crippen molar-refractivity contribution in [3.8, 4) is 5.75 Å². The van der Waals surface area contributed by atoms with Crippen LogP contribution in [-0.4, -0.2) is 42.5 Å². The van der Waals surface area contributed by atoms with Crippen molar-refractivity contribution in [3.63, 3.8) is 0 Å². The molecule has 0 spiro atoms. The molecule has 0 bridgehead atoms. The van der Waals surface area contributed by atoms with Gasteiger partial charge in [-0.2, -0.15) is 8.42 Å². The highest BCUT2D eigenvalue weighted by Gasteiger charge is 2.39. The Bertz CT molecular complexity index is 1400. The number of rotatable bonds is 8. The van der Waals surface area contributed by atoms with E-state index in [0.29, 0.717) is 29.0 Å². The van der Waals surface area contributed by atoms with Crippen LogP contribution in [0.15, 0.2) is 65.8 Å². The number of hydrogen-bond donors (Lipinski definition) is 2. The van der Waals surface area contributed by atoms with E-state index >= 15 is 0 Å². The van der Waals surface area contributed by atoms with Gasteiger partial charge in [-0.1, -0.05) is 19.1 Å². The van der Waals surface area contributed by atoms with E-state index in [9.17, 15) is 13.2 Å². The van der Waals surface area contributed by atoms with Crippen LogP contribution >= 0.6 is 0 Å². The van der Waals surface area contributed by atoms with Crippen molar-refractivity contribution >= 4 is 33.3 Å². The molecule has 0 radical (unpaired) electrons. The molecule has 3 heterocycles. The molecule has 1 atom stereocenters. The molecule has 1 unspecified atom stereocenters. The number of ether oxygens (including phenoxy) is 1. The van der Waals surface area contributed by atoms with Crippen molar-refractivity contribution in [2.24, 2.45) is 5.92 Å². The number of nitrogens with zero attached hydrogens (tertiary/aromatic N) is 3. The molecule has 1 saturated heterocycles. The molecule has 1 aromatic carbocycles. The van der Waals surface area contributed by atoms with E-state index < -0.39 is 15.9 Å². The number of amides is 1. The van der Waals surface area contributed by atoms with Gasteiger partial charge in [0.15, 0.2) is 5.03 Å². The molecular weight excluding hydrogens is 490 g/mol. The van der Waals surface area contributed by atoms with Gasteiger partial charge in [-0.05, 0) is 76.4 Å². The lowest BCUT2D eigenvalue weighted by Gasteiger charge is -2.33. The maximum absolute atomic E-state index is 13.2. The minimum Gasteiger partial charge on any atom is -0.491 e. The molecule has 0 aliphatic carbocycles. The van der Waals surface area contributed by atoms with E-state index in [1.165, 1.54) is 6.07 Å². The second kappa shape index (κ2) is 10.4. The van der Waals surface area contributed by atoms with E-state index in [1.807, 2.05) is 32.0 Å². The first-order valence-electron chi connectivity index (χ1n) is 12.3. The predicted octanol–water partition coefficient (Wildman–Crippen LogP) is 5.24. The monoisotopic (exact) mass is 527 g/mol. The van der Waals surface area contributed by atoms with E-state index in [4.69, 9.17) is 4.74 Å². The number of benzene rings is 1. The fourth-order valence-electron chi connectivity index (χ4n) is 4.68. The van der Waals surface area contributed by atoms with Gasteiger partial charge in [-0.15, -0.1) is 0 Å². The van der Waals surface area contributed by atoms with Gasteiger partial charge in [-0.3, -0.25) is 4.79 Å². The number of carbonyl (C=O) groups excluding carboxylic acids is 1. The highest BCUT2D eigenvalue weighted by Crippen LogP contribution is 2.37. The average molecular weight is 528 g/mol. The summed E-state index contributed by atoms with van der Waals surface area (Å²) >= 11 is 0. The fourth-order valence-corrected chi connectivity index (χ4v) is 5.61. The maximum atomic E-state index is 13.2. The minimum absolute atomic E-state index is 0. The van der Waals surface area contributed by atoms with Crippen LogP contribution < -0.4 is 19.7 Å². The lowest BCUT2D eigenvalue weighted by Crippen LogP contribution is -2.41. The first kappa shape index (κ1) is 26.4. The first-order chi connectivity index (χ1) is 17.4. The standard InChI is InChI=1S/C27H33N5O4S.2H2/c1-18(2)36-21-10-6-9-20(15-21)29-23-12-7-13-24(30-23)37(34,35)31-26(33)22-11-8-14-28-25(22)32-17-19(3)16-27(32,4)5;;/h6-15,18-19H,16-17H2,1-5H3,(H,29,30)(H,31,33);2*1H. The third-order valence-corrected chi connectivity index (χ3v) is 7.30. The predicted molar refractivity (Wildman–Crippen MR) is 148 cm³/mol. The van der Waals surface area contributed by atoms with Crippen LogP contribution in [0.5, 0.6) is 5.75 Å². The van der Waals surface area contributed by atoms with Crippen molar-refractivity contribution in [1.29, 1.82) is 0 Å². The largest absolute Gasteiger partial charge is 0.491 e. The van der Waals surface area contributed by atoms with Crippen LogP contribution in [0.2, 0.25) is 0 Å². The maximum Gasteiger partial charge on any atom is 0.281 e. The summed E-state index contributed by atoms with van der Waals surface area (Å²) in [5, 5.41) is 2.81. The second-order valence-corrected chi connectivity index (χ2v) is 11.9. The minimum atomic E-state index is -4.25. The third kappa shape index (κ3) is 6.19. The Kier molecular flexibility index (Phi) is 7.40. The quantitative estimate of drug-likeness (QED) is 0.409. The molecule has 1 aliphatic rings. The molecule has 10 heteroatoms. The van der Waals surface area contributed by atoms with Crippen molar-refractivity contribution in [3.05, 3.63) is 66.4 Å². The van der Waals surface area contributed by atoms with E-state index in [-0.39, 0.29) is 25.1 Å². The summed E-state index contributed by atoms with van der Waals surface area (Å²) in [7, 11) is -4.25. The van der Waals surface area contributed by atoms with Crippen LogP contribution in [0.3, 0.4) is 0 Å². The Morgan fingerprint density at radius 3 is 2.62 bits per heavy atom. The summed E-state index contributed by atoms with van der Waals surface area (Å²) in [5.41, 5.74) is 0.678. The number of nitrogens with one attached hydrogen (secondary N) is 2. The highest BCUT2D eigenvalue weighted by molar-refractivity contribution is 7.90. The van der Waals surface area contributed by atoms with Gasteiger partial charge in [0.1, 0.15) is 17.4 Å². The van der Waals surface area contributed by atoms with Crippen molar-refractivity contribution in [1.82, 2.24) is 14.7 Å². The normalized spacial score (nSPS) is 17.0. The summed E-state index contributed by atoms with van der Waals surface area (Å²) in [6, 6.07) is 15.0. The Morgan fingerprint density at radius 2 is 1.92 bits per heavy atom. The van der Waals surface area contributed by atoms with Gasteiger partial charge in [0.05, 0.1) is 11.7 Å². The molecule has 1 fully saturated rings. The number of carbonyl (C=O) groups is 1. The fraction of sp³-hybridized carbons (Fsp3) is 0.370. The lowest BCUT2D eigenvalue weighted by atomic mass is 9.97. The molecule has 1 amide bonds. The van der Waals surface area contributed by atoms with Gasteiger partial charge >= 0.3 is 0 Å². The second-order valence-electron chi connectivity index (χ2n) is 10.2. The van der Waals surface area contributed by atoms with Gasteiger partial charge in [-0.25, -0.2) is 14.7 Å². The number of anilines is 3. The first-order valence-corrected chi connectivity index (χ1v) is 13.7. The summed E-state index contributed by atoms with van der Waals surface area (Å²) < 4.78 is 34.1. The molecule has 2 aromatic heterocycles. The van der Waals surface area contributed by atoms with Crippen LogP contribution in [0.1, 0.15) is 54.3 Å². The topological polar surface area (TPSA) is 114 Å². The Hall–Kier alpha value is -3.66. The third-order valence-electron chi connectivity index (χ3n) is 6.06. The van der Waals surface area contributed by atoms with E-state index in [0.717, 1.165) is 13.0 Å². The Labute approximate surface area is 221 Å². The lowest BCUT2D eigenvalue weighted by molar-refractivity contribution is 0.0981. The summed E-state index contributed by atoms with van der Waals surface area (Å²) in [5.74, 6) is 1.13. The molecule has 4 rings (SSSR count). The summed E-state index contributed by atoms with van der Waals surface area (Å²) in [6.45, 7) is 10.9. The molecular formula is C27H37N5O4S. The number of aromatic nitrogens is 2. The number of pyridine rings is 2. The van der Waals surface area contributed by atoms with Gasteiger partial charge in [0.25, 0.3) is 15.9 Å². The molecule has 200 valence electrons. The zero-order valence-corrected chi connectivity index (χ0v) is 22.5. The molecule has 9 nitrogen and oxygen atoms in total. The summed E-state index contributed by atoms with van der Waals surface area (Å²) in [4.78, 5) is 23.9.